The van der Waals surface area contributed by atoms with Crippen LogP contribution in [0.4, 0.5) is 11.5 Å². The van der Waals surface area contributed by atoms with Crippen molar-refractivity contribution < 1.29 is 0 Å². The Kier molecular flexibility index (Phi) is 3.81. The molecule has 1 unspecified atom stereocenters. The maximum Gasteiger partial charge on any atom is 0.134 e. The van der Waals surface area contributed by atoms with Crippen LogP contribution in [0.2, 0.25) is 0 Å². The normalized spacial score (nSPS) is 18.9. The standard InChI is InChI=1S/C16H20N4/c1-13-10-17-12-18-16(13)20-9-5-8-15(11-20)19-14-6-3-2-4-7-14/h2-4,6-7,10,12,15,19H,5,8-9,11H2,1H3. The number of aryl methyl sites for hydroxylation is 1. The Morgan fingerprint density at radius 1 is 1.25 bits per heavy atom. The predicted molar refractivity (Wildman–Crippen MR) is 82.1 cm³/mol. The van der Waals surface area contributed by atoms with E-state index in [4.69, 9.17) is 0 Å². The first kappa shape index (κ1) is 12.9. The minimum absolute atomic E-state index is 0.473. The van der Waals surface area contributed by atoms with Gasteiger partial charge in [-0.25, -0.2) is 9.97 Å². The summed E-state index contributed by atoms with van der Waals surface area (Å²) in [6.07, 6.45) is 5.91. The number of benzene rings is 1. The summed E-state index contributed by atoms with van der Waals surface area (Å²) in [5.74, 6) is 1.07. The second kappa shape index (κ2) is 5.90. The molecule has 104 valence electrons. The number of nitrogens with one attached hydrogen (secondary N) is 1. The Bertz CT molecular complexity index is 555. The molecule has 1 aliphatic heterocycles. The summed E-state index contributed by atoms with van der Waals surface area (Å²) >= 11 is 0. The minimum atomic E-state index is 0.473. The van der Waals surface area contributed by atoms with Gasteiger partial charge in [0.1, 0.15) is 12.1 Å². The Labute approximate surface area is 119 Å². The van der Waals surface area contributed by atoms with E-state index in [9.17, 15) is 0 Å². The summed E-state index contributed by atoms with van der Waals surface area (Å²) in [5.41, 5.74) is 2.34. The van der Waals surface area contributed by atoms with Gasteiger partial charge in [0.2, 0.25) is 0 Å². The second-order valence-corrected chi connectivity index (χ2v) is 5.32. The largest absolute Gasteiger partial charge is 0.381 e. The molecule has 1 fully saturated rings. The smallest absolute Gasteiger partial charge is 0.134 e. The molecule has 2 heterocycles. The fourth-order valence-electron chi connectivity index (χ4n) is 2.78. The van der Waals surface area contributed by atoms with Crippen molar-refractivity contribution in [2.75, 3.05) is 23.3 Å². The van der Waals surface area contributed by atoms with E-state index < -0.39 is 0 Å². The van der Waals surface area contributed by atoms with Crippen LogP contribution in [-0.2, 0) is 0 Å². The van der Waals surface area contributed by atoms with Gasteiger partial charge in [-0.1, -0.05) is 18.2 Å². The number of piperidine rings is 1. The third-order valence-corrected chi connectivity index (χ3v) is 3.73. The Morgan fingerprint density at radius 3 is 2.90 bits per heavy atom. The molecular formula is C16H20N4. The van der Waals surface area contributed by atoms with Crippen LogP contribution in [0.5, 0.6) is 0 Å². The van der Waals surface area contributed by atoms with Gasteiger partial charge in [-0.15, -0.1) is 0 Å². The highest BCUT2D eigenvalue weighted by molar-refractivity contribution is 5.48. The van der Waals surface area contributed by atoms with Gasteiger partial charge in [0.15, 0.2) is 0 Å². The van der Waals surface area contributed by atoms with Crippen LogP contribution in [0.1, 0.15) is 18.4 Å². The topological polar surface area (TPSA) is 41.1 Å². The van der Waals surface area contributed by atoms with Crippen molar-refractivity contribution in [3.63, 3.8) is 0 Å². The molecule has 1 N–H and O–H groups in total. The number of para-hydroxylation sites is 1. The Hall–Kier alpha value is -2.10. The number of aromatic nitrogens is 2. The fraction of sp³-hybridized carbons (Fsp3) is 0.375. The maximum atomic E-state index is 4.43. The molecule has 1 saturated heterocycles. The Balaban J connectivity index is 1.69. The SMILES string of the molecule is Cc1cncnc1N1CCCC(Nc2ccccc2)C1. The van der Waals surface area contributed by atoms with Crippen LogP contribution in [-0.4, -0.2) is 29.1 Å². The lowest BCUT2D eigenvalue weighted by molar-refractivity contribution is 0.526. The predicted octanol–water partition coefficient (Wildman–Crippen LogP) is 2.87. The van der Waals surface area contributed by atoms with Crippen molar-refractivity contribution in [3.05, 3.63) is 48.4 Å². The molecule has 1 aromatic carbocycles. The molecule has 0 bridgehead atoms. The molecule has 0 radical (unpaired) electrons. The van der Waals surface area contributed by atoms with Gasteiger partial charge in [-0.05, 0) is 31.9 Å². The number of hydrogen-bond acceptors (Lipinski definition) is 4. The van der Waals surface area contributed by atoms with Gasteiger partial charge >= 0.3 is 0 Å². The Morgan fingerprint density at radius 2 is 2.10 bits per heavy atom. The molecular weight excluding hydrogens is 248 g/mol. The summed E-state index contributed by atoms with van der Waals surface area (Å²) in [6.45, 7) is 4.14. The molecule has 0 spiro atoms. The lowest BCUT2D eigenvalue weighted by Gasteiger charge is -2.35. The van der Waals surface area contributed by atoms with Gasteiger partial charge in [-0.3, -0.25) is 0 Å². The molecule has 20 heavy (non-hydrogen) atoms. The van der Waals surface area contributed by atoms with E-state index in [1.165, 1.54) is 18.5 Å². The van der Waals surface area contributed by atoms with E-state index in [0.717, 1.165) is 24.5 Å². The third kappa shape index (κ3) is 2.90. The van der Waals surface area contributed by atoms with Gasteiger partial charge < -0.3 is 10.2 Å². The summed E-state index contributed by atoms with van der Waals surface area (Å²) in [5, 5.41) is 3.61. The van der Waals surface area contributed by atoms with Crippen molar-refractivity contribution in [1.29, 1.82) is 0 Å². The molecule has 2 aromatic rings. The summed E-state index contributed by atoms with van der Waals surface area (Å²) in [6, 6.07) is 10.9. The number of rotatable bonds is 3. The zero-order valence-electron chi connectivity index (χ0n) is 11.8. The first-order valence-electron chi connectivity index (χ1n) is 7.16. The quantitative estimate of drug-likeness (QED) is 0.929. The van der Waals surface area contributed by atoms with Crippen LogP contribution in [0.25, 0.3) is 0 Å². The highest BCUT2D eigenvalue weighted by atomic mass is 15.2. The van der Waals surface area contributed by atoms with Crippen molar-refractivity contribution in [1.82, 2.24) is 9.97 Å². The van der Waals surface area contributed by atoms with E-state index in [0.29, 0.717) is 6.04 Å². The van der Waals surface area contributed by atoms with Crippen molar-refractivity contribution in [3.8, 4) is 0 Å². The average molecular weight is 268 g/mol. The molecule has 3 rings (SSSR count). The van der Waals surface area contributed by atoms with Crippen LogP contribution in [0.3, 0.4) is 0 Å². The molecule has 0 amide bonds. The van der Waals surface area contributed by atoms with Crippen LogP contribution < -0.4 is 10.2 Å². The van der Waals surface area contributed by atoms with Gasteiger partial charge in [0, 0.05) is 36.6 Å². The van der Waals surface area contributed by atoms with E-state index in [2.05, 4.69) is 51.4 Å². The number of nitrogens with zero attached hydrogens (tertiary/aromatic N) is 3. The first-order chi connectivity index (χ1) is 9.83. The van der Waals surface area contributed by atoms with Crippen molar-refractivity contribution in [2.45, 2.75) is 25.8 Å². The van der Waals surface area contributed by atoms with E-state index in [1.807, 2.05) is 12.3 Å². The molecule has 4 heteroatoms. The fourth-order valence-corrected chi connectivity index (χ4v) is 2.78. The van der Waals surface area contributed by atoms with Crippen molar-refractivity contribution in [2.24, 2.45) is 0 Å². The van der Waals surface area contributed by atoms with Crippen LogP contribution >= 0.6 is 0 Å². The average Bonchev–Trinajstić information content (AvgIpc) is 2.49. The molecule has 0 saturated carbocycles. The van der Waals surface area contributed by atoms with Gasteiger partial charge in [0.25, 0.3) is 0 Å². The van der Waals surface area contributed by atoms with E-state index in [1.54, 1.807) is 6.33 Å². The molecule has 1 aliphatic rings. The lowest BCUT2D eigenvalue weighted by Crippen LogP contribution is -2.42. The summed E-state index contributed by atoms with van der Waals surface area (Å²) in [4.78, 5) is 10.9. The number of anilines is 2. The molecule has 4 nitrogen and oxygen atoms in total. The minimum Gasteiger partial charge on any atom is -0.381 e. The maximum absolute atomic E-state index is 4.43. The van der Waals surface area contributed by atoms with E-state index >= 15 is 0 Å². The zero-order chi connectivity index (χ0) is 13.8. The van der Waals surface area contributed by atoms with Crippen LogP contribution in [0, 0.1) is 6.92 Å². The third-order valence-electron chi connectivity index (χ3n) is 3.73. The molecule has 0 aliphatic carbocycles. The van der Waals surface area contributed by atoms with E-state index in [-0.39, 0.29) is 0 Å². The molecule has 1 atom stereocenters. The van der Waals surface area contributed by atoms with Crippen LogP contribution in [0.15, 0.2) is 42.9 Å². The van der Waals surface area contributed by atoms with Gasteiger partial charge in [-0.2, -0.15) is 0 Å². The second-order valence-electron chi connectivity index (χ2n) is 5.32. The summed E-state index contributed by atoms with van der Waals surface area (Å²) in [7, 11) is 0. The number of hydrogen-bond donors (Lipinski definition) is 1. The summed E-state index contributed by atoms with van der Waals surface area (Å²) < 4.78 is 0. The highest BCUT2D eigenvalue weighted by Gasteiger charge is 2.21. The first-order valence-corrected chi connectivity index (χ1v) is 7.16. The lowest BCUT2D eigenvalue weighted by atomic mass is 10.0. The molecule has 1 aromatic heterocycles. The monoisotopic (exact) mass is 268 g/mol. The van der Waals surface area contributed by atoms with Crippen molar-refractivity contribution >= 4 is 11.5 Å². The zero-order valence-corrected chi connectivity index (χ0v) is 11.8. The highest BCUT2D eigenvalue weighted by Crippen LogP contribution is 2.22. The van der Waals surface area contributed by atoms with Gasteiger partial charge in [0.05, 0.1) is 0 Å².